The third-order valence-corrected chi connectivity index (χ3v) is 4.69. The van der Waals surface area contributed by atoms with E-state index in [0.29, 0.717) is 18.5 Å². The van der Waals surface area contributed by atoms with Crippen LogP contribution in [0.15, 0.2) is 24.3 Å². The summed E-state index contributed by atoms with van der Waals surface area (Å²) in [6, 6.07) is 6.28. The van der Waals surface area contributed by atoms with Crippen LogP contribution >= 0.6 is 0 Å². The highest BCUT2D eigenvalue weighted by atomic mass is 16.6. The van der Waals surface area contributed by atoms with Gasteiger partial charge in [0.05, 0.1) is 7.11 Å². The summed E-state index contributed by atoms with van der Waals surface area (Å²) in [6.45, 7) is 8.81. The number of hydrogen-bond acceptors (Lipinski definition) is 6. The van der Waals surface area contributed by atoms with Crippen LogP contribution in [0, 0.1) is 6.92 Å². The van der Waals surface area contributed by atoms with Crippen LogP contribution in [0.2, 0.25) is 0 Å². The number of alkyl carbamates (subject to hydrolysis) is 1. The SMILES string of the molecule is CCCCCN(C(=O)CNC(=O)OC(C)(C)C)C(C(=O)NCC(=O)OC)c1ccc(C)cc1. The van der Waals surface area contributed by atoms with Gasteiger partial charge in [-0.05, 0) is 39.7 Å². The van der Waals surface area contributed by atoms with E-state index in [2.05, 4.69) is 15.4 Å². The van der Waals surface area contributed by atoms with E-state index < -0.39 is 35.5 Å². The monoisotopic (exact) mass is 463 g/mol. The standard InChI is InChI=1S/C24H37N3O6/c1-7-8-9-14-27(19(28)15-26-23(31)33-24(3,4)5)21(18-12-10-17(2)11-13-18)22(30)25-16-20(29)32-6/h10-13,21H,7-9,14-16H2,1-6H3,(H,25,30)(H,26,31). The number of ether oxygens (including phenoxy) is 2. The van der Waals surface area contributed by atoms with Crippen LogP contribution < -0.4 is 10.6 Å². The molecule has 33 heavy (non-hydrogen) atoms. The Morgan fingerprint density at radius 3 is 2.18 bits per heavy atom. The average molecular weight is 464 g/mol. The molecule has 1 atom stereocenters. The van der Waals surface area contributed by atoms with Crippen molar-refractivity contribution in [1.82, 2.24) is 15.5 Å². The Hall–Kier alpha value is -3.10. The summed E-state index contributed by atoms with van der Waals surface area (Å²) >= 11 is 0. The van der Waals surface area contributed by atoms with Crippen LogP contribution in [0.4, 0.5) is 4.79 Å². The van der Waals surface area contributed by atoms with E-state index in [1.807, 2.05) is 26.0 Å². The smallest absolute Gasteiger partial charge is 0.408 e. The number of amides is 3. The molecule has 0 radical (unpaired) electrons. The quantitative estimate of drug-likeness (QED) is 0.385. The number of carbonyl (C=O) groups is 4. The Balaban J connectivity index is 3.16. The number of methoxy groups -OCH3 is 1. The molecule has 0 aliphatic rings. The number of esters is 1. The van der Waals surface area contributed by atoms with Crippen molar-refractivity contribution < 1.29 is 28.7 Å². The molecular weight excluding hydrogens is 426 g/mol. The van der Waals surface area contributed by atoms with Crippen molar-refractivity contribution in [3.63, 3.8) is 0 Å². The molecule has 9 heteroatoms. The molecule has 9 nitrogen and oxygen atoms in total. The summed E-state index contributed by atoms with van der Waals surface area (Å²) < 4.78 is 9.80. The molecule has 0 saturated heterocycles. The van der Waals surface area contributed by atoms with Gasteiger partial charge in [-0.15, -0.1) is 0 Å². The maximum absolute atomic E-state index is 13.2. The molecule has 1 unspecified atom stereocenters. The van der Waals surface area contributed by atoms with Crippen LogP contribution in [0.1, 0.15) is 64.1 Å². The fourth-order valence-corrected chi connectivity index (χ4v) is 3.04. The van der Waals surface area contributed by atoms with Gasteiger partial charge in [-0.3, -0.25) is 14.4 Å². The molecule has 0 aromatic heterocycles. The van der Waals surface area contributed by atoms with Gasteiger partial charge in [0.1, 0.15) is 24.7 Å². The lowest BCUT2D eigenvalue weighted by atomic mass is 10.0. The average Bonchev–Trinajstić information content (AvgIpc) is 2.75. The van der Waals surface area contributed by atoms with Crippen LogP contribution in [0.25, 0.3) is 0 Å². The van der Waals surface area contributed by atoms with Gasteiger partial charge >= 0.3 is 12.1 Å². The van der Waals surface area contributed by atoms with Crippen molar-refractivity contribution >= 4 is 23.9 Å². The van der Waals surface area contributed by atoms with Gasteiger partial charge in [0.2, 0.25) is 11.8 Å². The Kier molecular flexibility index (Phi) is 11.4. The number of nitrogens with zero attached hydrogens (tertiary/aromatic N) is 1. The minimum Gasteiger partial charge on any atom is -0.468 e. The summed E-state index contributed by atoms with van der Waals surface area (Å²) in [6.07, 6.45) is 1.77. The number of aryl methyl sites for hydroxylation is 1. The lowest BCUT2D eigenvalue weighted by Gasteiger charge is -2.31. The van der Waals surface area contributed by atoms with Crippen molar-refractivity contribution in [2.45, 2.75) is 65.5 Å². The highest BCUT2D eigenvalue weighted by molar-refractivity contribution is 5.91. The van der Waals surface area contributed by atoms with E-state index in [0.717, 1.165) is 18.4 Å². The van der Waals surface area contributed by atoms with Gasteiger partial charge in [-0.1, -0.05) is 49.6 Å². The highest BCUT2D eigenvalue weighted by Crippen LogP contribution is 2.23. The summed E-state index contributed by atoms with van der Waals surface area (Å²) in [5, 5.41) is 5.01. The summed E-state index contributed by atoms with van der Waals surface area (Å²) in [5.41, 5.74) is 0.902. The van der Waals surface area contributed by atoms with Crippen molar-refractivity contribution in [3.05, 3.63) is 35.4 Å². The number of carbonyl (C=O) groups excluding carboxylic acids is 4. The summed E-state index contributed by atoms with van der Waals surface area (Å²) in [7, 11) is 1.23. The second-order valence-electron chi connectivity index (χ2n) is 8.76. The van der Waals surface area contributed by atoms with E-state index >= 15 is 0 Å². The molecule has 0 spiro atoms. The van der Waals surface area contributed by atoms with Gasteiger partial charge in [0, 0.05) is 6.54 Å². The molecular formula is C24H37N3O6. The Labute approximate surface area is 196 Å². The molecule has 184 valence electrons. The van der Waals surface area contributed by atoms with E-state index in [-0.39, 0.29) is 13.1 Å². The fraction of sp³-hybridized carbons (Fsp3) is 0.583. The minimum absolute atomic E-state index is 0.312. The number of rotatable bonds is 11. The van der Waals surface area contributed by atoms with Crippen molar-refractivity contribution in [2.75, 3.05) is 26.7 Å². The van der Waals surface area contributed by atoms with Crippen LogP contribution in [0.5, 0.6) is 0 Å². The molecule has 2 N–H and O–H groups in total. The number of hydrogen-bond donors (Lipinski definition) is 2. The van der Waals surface area contributed by atoms with Crippen molar-refractivity contribution in [3.8, 4) is 0 Å². The zero-order chi connectivity index (χ0) is 25.0. The molecule has 0 heterocycles. The summed E-state index contributed by atoms with van der Waals surface area (Å²) in [4.78, 5) is 51.3. The second-order valence-corrected chi connectivity index (χ2v) is 8.76. The van der Waals surface area contributed by atoms with Gasteiger partial charge in [0.25, 0.3) is 0 Å². The number of unbranched alkanes of at least 4 members (excludes halogenated alkanes) is 2. The number of nitrogens with one attached hydrogen (secondary N) is 2. The van der Waals surface area contributed by atoms with E-state index in [4.69, 9.17) is 4.74 Å². The van der Waals surface area contributed by atoms with Gasteiger partial charge in [0.15, 0.2) is 0 Å². The van der Waals surface area contributed by atoms with Crippen LogP contribution in [0.3, 0.4) is 0 Å². The largest absolute Gasteiger partial charge is 0.468 e. The Morgan fingerprint density at radius 1 is 1.00 bits per heavy atom. The van der Waals surface area contributed by atoms with Crippen molar-refractivity contribution in [1.29, 1.82) is 0 Å². The second kappa shape index (κ2) is 13.4. The third-order valence-electron chi connectivity index (χ3n) is 4.69. The Morgan fingerprint density at radius 2 is 1.64 bits per heavy atom. The lowest BCUT2D eigenvalue weighted by molar-refractivity contribution is -0.143. The van der Waals surface area contributed by atoms with Gasteiger partial charge in [-0.2, -0.15) is 0 Å². The molecule has 0 fully saturated rings. The minimum atomic E-state index is -0.972. The van der Waals surface area contributed by atoms with Crippen LogP contribution in [-0.2, 0) is 23.9 Å². The predicted octanol–water partition coefficient (Wildman–Crippen LogP) is 2.87. The molecule has 1 aromatic rings. The molecule has 1 rings (SSSR count). The maximum atomic E-state index is 13.2. The Bertz CT molecular complexity index is 801. The van der Waals surface area contributed by atoms with Gasteiger partial charge < -0.3 is 25.0 Å². The third kappa shape index (κ3) is 10.4. The topological polar surface area (TPSA) is 114 Å². The molecule has 0 aliphatic carbocycles. The van der Waals surface area contributed by atoms with E-state index in [9.17, 15) is 19.2 Å². The van der Waals surface area contributed by atoms with E-state index in [1.165, 1.54) is 12.0 Å². The molecule has 3 amide bonds. The molecule has 0 aliphatic heterocycles. The highest BCUT2D eigenvalue weighted by Gasteiger charge is 2.31. The zero-order valence-electron chi connectivity index (χ0n) is 20.5. The lowest BCUT2D eigenvalue weighted by Crippen LogP contribution is -2.48. The fourth-order valence-electron chi connectivity index (χ4n) is 3.04. The molecule has 0 bridgehead atoms. The van der Waals surface area contributed by atoms with E-state index in [1.54, 1.807) is 32.9 Å². The van der Waals surface area contributed by atoms with Gasteiger partial charge in [-0.25, -0.2) is 4.79 Å². The first-order valence-electron chi connectivity index (χ1n) is 11.2. The first-order valence-corrected chi connectivity index (χ1v) is 11.2. The molecule has 1 aromatic carbocycles. The predicted molar refractivity (Wildman–Crippen MR) is 124 cm³/mol. The molecule has 0 saturated carbocycles. The van der Waals surface area contributed by atoms with Crippen LogP contribution in [-0.4, -0.2) is 61.1 Å². The van der Waals surface area contributed by atoms with Crippen molar-refractivity contribution in [2.24, 2.45) is 0 Å². The first kappa shape index (κ1) is 27.9. The summed E-state index contributed by atoms with van der Waals surface area (Å²) in [5.74, 6) is -1.54. The zero-order valence-corrected chi connectivity index (χ0v) is 20.5. The number of benzene rings is 1. The first-order chi connectivity index (χ1) is 15.5. The normalized spacial score (nSPS) is 11.8. The maximum Gasteiger partial charge on any atom is 0.408 e.